The van der Waals surface area contributed by atoms with Crippen LogP contribution in [0.2, 0.25) is 0 Å². The van der Waals surface area contributed by atoms with Gasteiger partial charge in [-0.2, -0.15) is 10.2 Å². The molecule has 2 aliphatic heterocycles. The number of rotatable bonds is 4. The van der Waals surface area contributed by atoms with E-state index >= 15 is 0 Å². The van der Waals surface area contributed by atoms with Crippen molar-refractivity contribution in [3.05, 3.63) is 141 Å². The minimum absolute atomic E-state index is 0.167. The minimum Gasteiger partial charge on any atom is -0.343 e. The van der Waals surface area contributed by atoms with Crippen LogP contribution in [0, 0.1) is 24.7 Å². The third-order valence-corrected chi connectivity index (χ3v) is 11.3. The molecule has 0 fully saturated rings. The van der Waals surface area contributed by atoms with E-state index in [1.54, 1.807) is 0 Å². The van der Waals surface area contributed by atoms with E-state index in [2.05, 4.69) is 86.9 Å². The number of benzene rings is 3. The van der Waals surface area contributed by atoms with Crippen LogP contribution in [0.5, 0.6) is 0 Å². The number of hydrogen-bond donors (Lipinski definition) is 2. The van der Waals surface area contributed by atoms with Crippen LogP contribution in [-0.2, 0) is 9.59 Å². The van der Waals surface area contributed by atoms with Crippen LogP contribution in [-0.4, -0.2) is 31.1 Å². The summed E-state index contributed by atoms with van der Waals surface area (Å²) in [4.78, 5) is 28.5. The molecule has 0 spiro atoms. The van der Waals surface area contributed by atoms with E-state index in [9.17, 15) is 9.59 Å². The smallest absolute Gasteiger partial charge is 0.162 e. The molecule has 262 valence electrons. The van der Waals surface area contributed by atoms with E-state index in [1.165, 1.54) is 0 Å². The third-order valence-electron chi connectivity index (χ3n) is 11.3. The van der Waals surface area contributed by atoms with Gasteiger partial charge in [0.2, 0.25) is 0 Å². The molecule has 2 N–H and O–H groups in total. The zero-order chi connectivity index (χ0) is 36.1. The van der Waals surface area contributed by atoms with Gasteiger partial charge in [-0.3, -0.25) is 9.59 Å². The summed E-state index contributed by atoms with van der Waals surface area (Å²) < 4.78 is 3.97. The number of allylic oxidation sites excluding steroid dienone is 4. The van der Waals surface area contributed by atoms with Crippen LogP contribution in [0.1, 0.15) is 98.9 Å². The Morgan fingerprint density at radius 2 is 0.981 bits per heavy atom. The van der Waals surface area contributed by atoms with Gasteiger partial charge in [-0.1, -0.05) is 88.4 Å². The van der Waals surface area contributed by atoms with Crippen molar-refractivity contribution < 1.29 is 9.59 Å². The predicted octanol–water partition coefficient (Wildman–Crippen LogP) is 9.08. The second-order valence-electron chi connectivity index (χ2n) is 16.6. The van der Waals surface area contributed by atoms with Gasteiger partial charge in [-0.05, 0) is 72.9 Å². The quantitative estimate of drug-likeness (QED) is 0.196. The molecule has 9 rings (SSSR count). The molecule has 0 saturated carbocycles. The van der Waals surface area contributed by atoms with Gasteiger partial charge >= 0.3 is 0 Å². The summed E-state index contributed by atoms with van der Waals surface area (Å²) in [5.74, 6) is 1.53. The second kappa shape index (κ2) is 11.5. The van der Waals surface area contributed by atoms with Crippen molar-refractivity contribution in [3.63, 3.8) is 0 Å². The summed E-state index contributed by atoms with van der Waals surface area (Å²) in [6.07, 6.45) is 2.50. The number of fused-ring (bicyclic) bond motifs is 2. The number of aryl methyl sites for hydroxylation is 2. The Morgan fingerprint density at radius 3 is 1.38 bits per heavy atom. The molecule has 8 heteroatoms. The number of Topliss-reactive ketones (excluding diaryl/α,β-unsaturated/α-hetero) is 2. The third kappa shape index (κ3) is 5.10. The zero-order valence-electron chi connectivity index (χ0n) is 30.7. The molecule has 8 nitrogen and oxygen atoms in total. The highest BCUT2D eigenvalue weighted by molar-refractivity contribution is 6.03. The van der Waals surface area contributed by atoms with Crippen LogP contribution in [0.4, 0.5) is 11.6 Å². The fourth-order valence-corrected chi connectivity index (χ4v) is 9.24. The zero-order valence-corrected chi connectivity index (χ0v) is 30.7. The highest BCUT2D eigenvalue weighted by Crippen LogP contribution is 2.53. The van der Waals surface area contributed by atoms with Crippen molar-refractivity contribution in [2.45, 2.75) is 79.1 Å². The largest absolute Gasteiger partial charge is 0.343 e. The normalized spacial score (nSPS) is 21.5. The van der Waals surface area contributed by atoms with Crippen molar-refractivity contribution in [2.24, 2.45) is 10.8 Å². The molecule has 2 aliphatic carbocycles. The Kier molecular flexibility index (Phi) is 7.17. The minimum atomic E-state index is -0.309. The lowest BCUT2D eigenvalue weighted by molar-refractivity contribution is -0.119. The Balaban J connectivity index is 1.25. The van der Waals surface area contributed by atoms with Gasteiger partial charge < -0.3 is 10.6 Å². The molecule has 4 aliphatic rings. The first-order valence-electron chi connectivity index (χ1n) is 18.4. The number of anilines is 2. The number of nitrogens with one attached hydrogen (secondary N) is 2. The van der Waals surface area contributed by atoms with Gasteiger partial charge in [-0.25, -0.2) is 9.36 Å². The Bertz CT molecular complexity index is 2210. The van der Waals surface area contributed by atoms with Crippen molar-refractivity contribution in [3.8, 4) is 11.4 Å². The molecule has 2 atom stereocenters. The van der Waals surface area contributed by atoms with Crippen LogP contribution in [0.15, 0.2) is 107 Å². The van der Waals surface area contributed by atoms with Crippen molar-refractivity contribution in [2.75, 3.05) is 10.6 Å². The number of hydrogen-bond acceptors (Lipinski definition) is 6. The number of nitrogens with zero attached hydrogens (tertiary/aromatic N) is 4. The highest BCUT2D eigenvalue weighted by atomic mass is 16.1. The van der Waals surface area contributed by atoms with Gasteiger partial charge in [-0.15, -0.1) is 0 Å². The van der Waals surface area contributed by atoms with Crippen LogP contribution >= 0.6 is 0 Å². The molecular formula is C44H44N6O2. The first-order chi connectivity index (χ1) is 24.9. The molecule has 5 aromatic rings. The van der Waals surface area contributed by atoms with Gasteiger partial charge in [0.05, 0.1) is 22.8 Å². The maximum absolute atomic E-state index is 14.3. The maximum atomic E-state index is 14.3. The molecule has 0 bridgehead atoms. The number of para-hydroxylation sites is 2. The lowest BCUT2D eigenvalue weighted by Crippen LogP contribution is -2.34. The van der Waals surface area contributed by atoms with Gasteiger partial charge in [0.25, 0.3) is 0 Å². The molecule has 2 unspecified atom stereocenters. The summed E-state index contributed by atoms with van der Waals surface area (Å²) in [6.45, 7) is 12.8. The Labute approximate surface area is 304 Å². The van der Waals surface area contributed by atoms with Gasteiger partial charge in [0, 0.05) is 58.3 Å². The average molecular weight is 689 g/mol. The van der Waals surface area contributed by atoms with Gasteiger partial charge in [0.1, 0.15) is 11.6 Å². The SMILES string of the molecule is Cc1nn(-c2ccccc2)c2c1C(c1cccc(C3C4=C(CC(C)(C)CC4=O)Nc4c3c(C)nn4-c3ccccc3)c1)C1=C(CC(C)(C)CC1=O)N2. The van der Waals surface area contributed by atoms with E-state index < -0.39 is 0 Å². The van der Waals surface area contributed by atoms with E-state index in [0.717, 1.165) is 92.0 Å². The summed E-state index contributed by atoms with van der Waals surface area (Å²) in [7, 11) is 0. The number of carbonyl (C=O) groups is 2. The maximum Gasteiger partial charge on any atom is 0.162 e. The predicted molar refractivity (Wildman–Crippen MR) is 204 cm³/mol. The van der Waals surface area contributed by atoms with Gasteiger partial charge in [0.15, 0.2) is 11.6 Å². The topological polar surface area (TPSA) is 93.8 Å². The average Bonchev–Trinajstić information content (AvgIpc) is 3.61. The lowest BCUT2D eigenvalue weighted by Gasteiger charge is -2.40. The van der Waals surface area contributed by atoms with E-state index in [0.29, 0.717) is 12.8 Å². The summed E-state index contributed by atoms with van der Waals surface area (Å²) in [5.41, 5.74) is 11.0. The molecular weight excluding hydrogens is 645 g/mol. The first kappa shape index (κ1) is 32.4. The van der Waals surface area contributed by atoms with Crippen LogP contribution < -0.4 is 10.6 Å². The van der Waals surface area contributed by atoms with Crippen molar-refractivity contribution in [1.29, 1.82) is 0 Å². The van der Waals surface area contributed by atoms with E-state index in [-0.39, 0.29) is 34.2 Å². The Hall–Kier alpha value is -5.50. The van der Waals surface area contributed by atoms with E-state index in [4.69, 9.17) is 10.2 Å². The second-order valence-corrected chi connectivity index (χ2v) is 16.6. The summed E-state index contributed by atoms with van der Waals surface area (Å²) >= 11 is 0. The molecule has 3 aromatic carbocycles. The summed E-state index contributed by atoms with van der Waals surface area (Å²) in [6, 6.07) is 29.0. The lowest BCUT2D eigenvalue weighted by atomic mass is 9.67. The molecule has 2 aromatic heterocycles. The molecule has 0 saturated heterocycles. The standard InChI is InChI=1S/C44H44N6O2/c1-25-35-37(39-31(21-43(3,4)23-33(39)51)45-41(35)49(47-25)29-16-9-7-10-17-29)27-14-13-15-28(20-27)38-36-26(2)48-50(30-18-11-8-12-19-30)42(36)46-32-22-44(5,6)24-34(52)40(32)38/h7-20,37-38,45-46H,21-24H2,1-6H3. The number of ketones is 2. The molecule has 0 amide bonds. The Morgan fingerprint density at radius 1 is 0.577 bits per heavy atom. The molecule has 52 heavy (non-hydrogen) atoms. The number of aromatic nitrogens is 4. The fraction of sp³-hybridized carbons (Fsp3) is 0.318. The van der Waals surface area contributed by atoms with Crippen molar-refractivity contribution >= 4 is 23.2 Å². The number of carbonyl (C=O) groups excluding carboxylic acids is 2. The first-order valence-corrected chi connectivity index (χ1v) is 18.4. The van der Waals surface area contributed by atoms with E-state index in [1.807, 2.05) is 59.6 Å². The molecule has 0 radical (unpaired) electrons. The van der Waals surface area contributed by atoms with Crippen molar-refractivity contribution in [1.82, 2.24) is 19.6 Å². The van der Waals surface area contributed by atoms with Crippen LogP contribution in [0.25, 0.3) is 11.4 Å². The fourth-order valence-electron chi connectivity index (χ4n) is 9.24. The summed E-state index contributed by atoms with van der Waals surface area (Å²) in [5, 5.41) is 17.6. The highest BCUT2D eigenvalue weighted by Gasteiger charge is 2.45. The van der Waals surface area contributed by atoms with Crippen LogP contribution in [0.3, 0.4) is 0 Å². The monoisotopic (exact) mass is 688 g/mol. The molecule has 4 heterocycles.